The van der Waals surface area contributed by atoms with Gasteiger partial charge in [0.1, 0.15) is 11.6 Å². The van der Waals surface area contributed by atoms with Crippen LogP contribution in [0.5, 0.6) is 0 Å². The number of carboxylic acid groups (broad SMARTS) is 1. The van der Waals surface area contributed by atoms with Crippen molar-refractivity contribution in [2.45, 2.75) is 13.3 Å². The van der Waals surface area contributed by atoms with Crippen molar-refractivity contribution in [2.75, 3.05) is 5.32 Å². The van der Waals surface area contributed by atoms with Crippen molar-refractivity contribution >= 4 is 29.1 Å². The minimum atomic E-state index is -1.06. The number of carboxylic acids is 1. The Morgan fingerprint density at radius 1 is 1.40 bits per heavy atom. The van der Waals surface area contributed by atoms with Crippen LogP contribution >= 0.6 is 11.6 Å². The number of pyridine rings is 1. The minimum absolute atomic E-state index is 0.0989. The van der Waals surface area contributed by atoms with Crippen LogP contribution < -0.4 is 5.32 Å². The molecule has 2 rings (SSSR count). The second-order valence-corrected chi connectivity index (χ2v) is 4.58. The molecule has 104 valence electrons. The summed E-state index contributed by atoms with van der Waals surface area (Å²) in [7, 11) is 0. The first kappa shape index (κ1) is 14.3. The number of aryl methyl sites for hydroxylation is 1. The third kappa shape index (κ3) is 3.24. The standard InChI is InChI=1S/C14H12ClFN2O2/c1-2-10-5-8(14(19)20)6-13(17-10)18-12-7-9(15)3-4-11(12)16/h3-7H,2H2,1H3,(H,17,18)(H,19,20). The van der Waals surface area contributed by atoms with E-state index in [4.69, 9.17) is 16.7 Å². The molecule has 0 bridgehead atoms. The summed E-state index contributed by atoms with van der Waals surface area (Å²) in [6.07, 6.45) is 0.577. The van der Waals surface area contributed by atoms with Gasteiger partial charge >= 0.3 is 5.97 Å². The highest BCUT2D eigenvalue weighted by atomic mass is 35.5. The maximum absolute atomic E-state index is 13.6. The van der Waals surface area contributed by atoms with Gasteiger partial charge in [0, 0.05) is 10.7 Å². The van der Waals surface area contributed by atoms with Gasteiger partial charge in [-0.15, -0.1) is 0 Å². The molecule has 2 N–H and O–H groups in total. The van der Waals surface area contributed by atoms with Gasteiger partial charge in [-0.05, 0) is 36.8 Å². The summed E-state index contributed by atoms with van der Waals surface area (Å²) in [5.41, 5.74) is 0.853. The van der Waals surface area contributed by atoms with Crippen LogP contribution in [-0.4, -0.2) is 16.1 Å². The lowest BCUT2D eigenvalue weighted by Gasteiger charge is -2.09. The molecule has 0 radical (unpaired) electrons. The van der Waals surface area contributed by atoms with E-state index in [1.54, 1.807) is 0 Å². The van der Waals surface area contributed by atoms with Gasteiger partial charge in [-0.25, -0.2) is 14.2 Å². The highest BCUT2D eigenvalue weighted by Gasteiger charge is 2.10. The van der Waals surface area contributed by atoms with Crippen LogP contribution in [0.1, 0.15) is 23.0 Å². The fraction of sp³-hybridized carbons (Fsp3) is 0.143. The Morgan fingerprint density at radius 3 is 2.80 bits per heavy atom. The molecule has 0 atom stereocenters. The first-order chi connectivity index (χ1) is 9.49. The number of nitrogens with zero attached hydrogens (tertiary/aromatic N) is 1. The van der Waals surface area contributed by atoms with E-state index in [-0.39, 0.29) is 17.1 Å². The van der Waals surface area contributed by atoms with Crippen molar-refractivity contribution in [3.63, 3.8) is 0 Å². The molecule has 0 amide bonds. The van der Waals surface area contributed by atoms with E-state index in [0.717, 1.165) is 0 Å². The predicted octanol–water partition coefficient (Wildman–Crippen LogP) is 3.88. The van der Waals surface area contributed by atoms with Crippen molar-refractivity contribution in [3.8, 4) is 0 Å². The Bertz CT molecular complexity index is 662. The first-order valence-electron chi connectivity index (χ1n) is 5.96. The zero-order valence-corrected chi connectivity index (χ0v) is 11.4. The third-order valence-corrected chi connectivity index (χ3v) is 2.91. The molecule has 0 spiro atoms. The average Bonchev–Trinajstić information content (AvgIpc) is 2.42. The number of benzene rings is 1. The van der Waals surface area contributed by atoms with Gasteiger partial charge in [0.05, 0.1) is 11.3 Å². The summed E-state index contributed by atoms with van der Waals surface area (Å²) < 4.78 is 13.6. The monoisotopic (exact) mass is 294 g/mol. The molecule has 0 aliphatic rings. The lowest BCUT2D eigenvalue weighted by atomic mass is 10.2. The summed E-state index contributed by atoms with van der Waals surface area (Å²) in [6, 6.07) is 6.91. The fourth-order valence-electron chi connectivity index (χ4n) is 1.69. The molecule has 1 aromatic heterocycles. The van der Waals surface area contributed by atoms with Gasteiger partial charge in [-0.2, -0.15) is 0 Å². The zero-order valence-electron chi connectivity index (χ0n) is 10.7. The van der Waals surface area contributed by atoms with E-state index in [1.807, 2.05) is 6.92 Å². The molecule has 0 fully saturated rings. The van der Waals surface area contributed by atoms with Crippen LogP contribution in [0.2, 0.25) is 5.02 Å². The van der Waals surface area contributed by atoms with Crippen LogP contribution in [0.3, 0.4) is 0 Å². The van der Waals surface area contributed by atoms with Gasteiger partial charge in [0.15, 0.2) is 0 Å². The van der Waals surface area contributed by atoms with E-state index < -0.39 is 11.8 Å². The van der Waals surface area contributed by atoms with E-state index in [9.17, 15) is 9.18 Å². The number of halogens is 2. The highest BCUT2D eigenvalue weighted by Crippen LogP contribution is 2.23. The molecule has 0 aliphatic heterocycles. The number of aromatic carboxylic acids is 1. The predicted molar refractivity (Wildman–Crippen MR) is 75.3 cm³/mol. The molecule has 2 aromatic rings. The Hall–Kier alpha value is -2.14. The summed E-state index contributed by atoms with van der Waals surface area (Å²) in [5.74, 6) is -1.28. The smallest absolute Gasteiger partial charge is 0.335 e. The molecule has 0 unspecified atom stereocenters. The van der Waals surface area contributed by atoms with E-state index in [0.29, 0.717) is 17.1 Å². The quantitative estimate of drug-likeness (QED) is 0.898. The third-order valence-electron chi connectivity index (χ3n) is 2.68. The maximum Gasteiger partial charge on any atom is 0.335 e. The Kier molecular flexibility index (Phi) is 4.20. The van der Waals surface area contributed by atoms with E-state index >= 15 is 0 Å². The lowest BCUT2D eigenvalue weighted by molar-refractivity contribution is 0.0696. The Morgan fingerprint density at radius 2 is 2.15 bits per heavy atom. The number of hydrogen-bond acceptors (Lipinski definition) is 3. The fourth-order valence-corrected chi connectivity index (χ4v) is 1.86. The molecule has 1 heterocycles. The molecule has 6 heteroatoms. The Balaban J connectivity index is 2.39. The topological polar surface area (TPSA) is 62.2 Å². The SMILES string of the molecule is CCc1cc(C(=O)O)cc(Nc2cc(Cl)ccc2F)n1. The number of rotatable bonds is 4. The molecule has 0 saturated carbocycles. The minimum Gasteiger partial charge on any atom is -0.478 e. The summed E-state index contributed by atoms with van der Waals surface area (Å²) in [6.45, 7) is 1.86. The van der Waals surface area contributed by atoms with Crippen molar-refractivity contribution in [3.05, 3.63) is 52.4 Å². The molecule has 0 aliphatic carbocycles. The van der Waals surface area contributed by atoms with Crippen LogP contribution in [0, 0.1) is 5.82 Å². The van der Waals surface area contributed by atoms with Crippen molar-refractivity contribution < 1.29 is 14.3 Å². The van der Waals surface area contributed by atoms with Gasteiger partial charge < -0.3 is 10.4 Å². The molecule has 20 heavy (non-hydrogen) atoms. The normalized spacial score (nSPS) is 10.3. The summed E-state index contributed by atoms with van der Waals surface area (Å²) in [4.78, 5) is 15.3. The molecular formula is C14H12ClFN2O2. The van der Waals surface area contributed by atoms with Gasteiger partial charge in [-0.1, -0.05) is 18.5 Å². The number of anilines is 2. The van der Waals surface area contributed by atoms with Crippen molar-refractivity contribution in [1.29, 1.82) is 0 Å². The molecular weight excluding hydrogens is 283 g/mol. The van der Waals surface area contributed by atoms with Crippen LogP contribution in [0.4, 0.5) is 15.9 Å². The van der Waals surface area contributed by atoms with Crippen molar-refractivity contribution in [2.24, 2.45) is 0 Å². The van der Waals surface area contributed by atoms with Crippen LogP contribution in [0.25, 0.3) is 0 Å². The number of hydrogen-bond donors (Lipinski definition) is 2. The number of carbonyl (C=O) groups is 1. The van der Waals surface area contributed by atoms with Gasteiger partial charge in [0.25, 0.3) is 0 Å². The summed E-state index contributed by atoms with van der Waals surface area (Å²) >= 11 is 5.80. The summed E-state index contributed by atoms with van der Waals surface area (Å²) in [5, 5.41) is 12.2. The lowest BCUT2D eigenvalue weighted by Crippen LogP contribution is -2.04. The molecule has 0 saturated heterocycles. The molecule has 1 aromatic carbocycles. The zero-order chi connectivity index (χ0) is 14.7. The van der Waals surface area contributed by atoms with Crippen LogP contribution in [0.15, 0.2) is 30.3 Å². The van der Waals surface area contributed by atoms with E-state index in [2.05, 4.69) is 10.3 Å². The second kappa shape index (κ2) is 5.88. The van der Waals surface area contributed by atoms with Gasteiger partial charge in [-0.3, -0.25) is 0 Å². The largest absolute Gasteiger partial charge is 0.478 e. The highest BCUT2D eigenvalue weighted by molar-refractivity contribution is 6.30. The molecule has 4 nitrogen and oxygen atoms in total. The first-order valence-corrected chi connectivity index (χ1v) is 6.33. The van der Waals surface area contributed by atoms with Gasteiger partial charge in [0.2, 0.25) is 0 Å². The van der Waals surface area contributed by atoms with Crippen LogP contribution in [-0.2, 0) is 6.42 Å². The van der Waals surface area contributed by atoms with Crippen molar-refractivity contribution in [1.82, 2.24) is 4.98 Å². The average molecular weight is 295 g/mol. The van der Waals surface area contributed by atoms with E-state index in [1.165, 1.54) is 30.3 Å². The number of nitrogens with one attached hydrogen (secondary N) is 1. The maximum atomic E-state index is 13.6. The number of aromatic nitrogens is 1. The second-order valence-electron chi connectivity index (χ2n) is 4.14. The Labute approximate surface area is 120 Å².